The zero-order valence-electron chi connectivity index (χ0n) is 14.3. The summed E-state index contributed by atoms with van der Waals surface area (Å²) < 4.78 is 11.2. The summed E-state index contributed by atoms with van der Waals surface area (Å²) in [4.78, 5) is 14.1. The molecular formula is C20H24N2O3. The molecule has 5 heteroatoms. The molecule has 2 aromatic rings. The van der Waals surface area contributed by atoms with Gasteiger partial charge in [-0.05, 0) is 24.1 Å². The van der Waals surface area contributed by atoms with Gasteiger partial charge >= 0.3 is 6.03 Å². The van der Waals surface area contributed by atoms with Crippen molar-refractivity contribution in [1.29, 1.82) is 0 Å². The third-order valence-corrected chi connectivity index (χ3v) is 4.10. The zero-order valence-corrected chi connectivity index (χ0v) is 14.3. The van der Waals surface area contributed by atoms with Gasteiger partial charge in [0.1, 0.15) is 5.75 Å². The number of carbonyl (C=O) groups excluding carboxylic acids is 1. The number of ether oxygens (including phenoxy) is 2. The highest BCUT2D eigenvalue weighted by Crippen LogP contribution is 2.18. The number of anilines is 1. The fraction of sp³-hybridized carbons (Fsp3) is 0.350. The van der Waals surface area contributed by atoms with Gasteiger partial charge in [-0.15, -0.1) is 0 Å². The molecule has 1 aliphatic heterocycles. The number of hydrogen-bond acceptors (Lipinski definition) is 3. The topological polar surface area (TPSA) is 50.8 Å². The Morgan fingerprint density at radius 1 is 1.08 bits per heavy atom. The predicted molar refractivity (Wildman–Crippen MR) is 98.1 cm³/mol. The van der Waals surface area contributed by atoms with E-state index in [4.69, 9.17) is 9.47 Å². The lowest BCUT2D eigenvalue weighted by Gasteiger charge is -2.20. The Morgan fingerprint density at radius 3 is 2.84 bits per heavy atom. The molecule has 25 heavy (non-hydrogen) atoms. The van der Waals surface area contributed by atoms with Crippen molar-refractivity contribution in [3.05, 3.63) is 60.2 Å². The molecule has 0 spiro atoms. The standard InChI is InChI=1S/C20H24N2O3/c23-20(22-11-5-13-24-15-12-22)21-18-8-4-9-19(16-18)25-14-10-17-6-2-1-3-7-17/h1-4,6-9,16H,5,10-15H2,(H,21,23). The van der Waals surface area contributed by atoms with Gasteiger partial charge in [-0.2, -0.15) is 0 Å². The van der Waals surface area contributed by atoms with Gasteiger partial charge in [-0.1, -0.05) is 36.4 Å². The largest absolute Gasteiger partial charge is 0.493 e. The Kier molecular flexibility index (Phi) is 6.29. The van der Waals surface area contributed by atoms with Crippen molar-refractivity contribution < 1.29 is 14.3 Å². The van der Waals surface area contributed by atoms with Gasteiger partial charge < -0.3 is 19.7 Å². The van der Waals surface area contributed by atoms with E-state index in [1.54, 1.807) is 4.90 Å². The SMILES string of the molecule is O=C(Nc1cccc(OCCc2ccccc2)c1)N1CCCOCC1. The number of carbonyl (C=O) groups is 1. The van der Waals surface area contributed by atoms with Crippen LogP contribution in [0.2, 0.25) is 0 Å². The van der Waals surface area contributed by atoms with Crippen LogP contribution in [0.25, 0.3) is 0 Å². The lowest BCUT2D eigenvalue weighted by molar-refractivity contribution is 0.144. The van der Waals surface area contributed by atoms with Gasteiger partial charge in [-0.25, -0.2) is 4.79 Å². The van der Waals surface area contributed by atoms with Crippen LogP contribution in [0.3, 0.4) is 0 Å². The average Bonchev–Trinajstić information content (AvgIpc) is 2.92. The molecule has 0 atom stereocenters. The number of hydrogen-bond donors (Lipinski definition) is 1. The maximum absolute atomic E-state index is 12.3. The molecule has 0 aliphatic carbocycles. The summed E-state index contributed by atoms with van der Waals surface area (Å²) in [5.41, 5.74) is 1.99. The molecule has 1 aliphatic rings. The molecule has 0 bridgehead atoms. The van der Waals surface area contributed by atoms with E-state index in [0.717, 1.165) is 30.8 Å². The van der Waals surface area contributed by atoms with E-state index < -0.39 is 0 Å². The van der Waals surface area contributed by atoms with Crippen molar-refractivity contribution in [3.63, 3.8) is 0 Å². The second-order valence-corrected chi connectivity index (χ2v) is 6.00. The minimum absolute atomic E-state index is 0.0908. The third kappa shape index (κ3) is 5.50. The van der Waals surface area contributed by atoms with Crippen LogP contribution in [0.15, 0.2) is 54.6 Å². The van der Waals surface area contributed by atoms with Crippen molar-refractivity contribution in [1.82, 2.24) is 4.90 Å². The monoisotopic (exact) mass is 340 g/mol. The lowest BCUT2D eigenvalue weighted by Crippen LogP contribution is -2.36. The Labute approximate surface area is 148 Å². The number of benzene rings is 2. The molecule has 0 radical (unpaired) electrons. The van der Waals surface area contributed by atoms with E-state index in [2.05, 4.69) is 17.4 Å². The fourth-order valence-electron chi connectivity index (χ4n) is 2.75. The van der Waals surface area contributed by atoms with Crippen LogP contribution in [0.1, 0.15) is 12.0 Å². The summed E-state index contributed by atoms with van der Waals surface area (Å²) >= 11 is 0. The van der Waals surface area contributed by atoms with Crippen LogP contribution in [-0.4, -0.2) is 43.8 Å². The fourth-order valence-corrected chi connectivity index (χ4v) is 2.75. The van der Waals surface area contributed by atoms with Crippen LogP contribution < -0.4 is 10.1 Å². The van der Waals surface area contributed by atoms with Crippen LogP contribution in [0, 0.1) is 0 Å². The number of nitrogens with zero attached hydrogens (tertiary/aromatic N) is 1. The van der Waals surface area contributed by atoms with Gasteiger partial charge in [-0.3, -0.25) is 0 Å². The molecule has 3 rings (SSSR count). The second-order valence-electron chi connectivity index (χ2n) is 6.00. The quantitative estimate of drug-likeness (QED) is 0.905. The normalized spacial score (nSPS) is 14.6. The number of amides is 2. The predicted octanol–water partition coefficient (Wildman–Crippen LogP) is 3.56. The second kappa shape index (κ2) is 9.08. The zero-order chi connectivity index (χ0) is 17.3. The molecule has 5 nitrogen and oxygen atoms in total. The summed E-state index contributed by atoms with van der Waals surface area (Å²) in [5.74, 6) is 0.757. The van der Waals surface area contributed by atoms with Crippen LogP contribution >= 0.6 is 0 Å². The van der Waals surface area contributed by atoms with Crippen molar-refractivity contribution in [2.75, 3.05) is 38.2 Å². The summed E-state index contributed by atoms with van der Waals surface area (Å²) in [6.45, 7) is 3.26. The first-order valence-electron chi connectivity index (χ1n) is 8.72. The van der Waals surface area contributed by atoms with Crippen molar-refractivity contribution in [2.45, 2.75) is 12.8 Å². The summed E-state index contributed by atoms with van der Waals surface area (Å²) in [5, 5.41) is 2.94. The molecule has 132 valence electrons. The number of urea groups is 1. The van der Waals surface area contributed by atoms with E-state index in [9.17, 15) is 4.79 Å². The van der Waals surface area contributed by atoms with Gasteiger partial charge in [0.15, 0.2) is 0 Å². The minimum Gasteiger partial charge on any atom is -0.493 e. The summed E-state index contributed by atoms with van der Waals surface area (Å²) in [6, 6.07) is 17.7. The Balaban J connectivity index is 1.51. The maximum Gasteiger partial charge on any atom is 0.321 e. The van der Waals surface area contributed by atoms with Crippen molar-refractivity contribution >= 4 is 11.7 Å². The van der Waals surface area contributed by atoms with E-state index in [1.165, 1.54) is 5.56 Å². The van der Waals surface area contributed by atoms with Crippen LogP contribution in [0.5, 0.6) is 5.75 Å². The number of nitrogens with one attached hydrogen (secondary N) is 1. The van der Waals surface area contributed by atoms with Gasteiger partial charge in [0.25, 0.3) is 0 Å². The Bertz CT molecular complexity index is 668. The molecule has 1 N–H and O–H groups in total. The molecule has 0 aromatic heterocycles. The molecule has 2 amide bonds. The minimum atomic E-state index is -0.0908. The Hall–Kier alpha value is -2.53. The van der Waals surface area contributed by atoms with E-state index in [1.807, 2.05) is 42.5 Å². The summed E-state index contributed by atoms with van der Waals surface area (Å²) in [7, 11) is 0. The van der Waals surface area contributed by atoms with Crippen molar-refractivity contribution in [3.8, 4) is 5.75 Å². The summed E-state index contributed by atoms with van der Waals surface area (Å²) in [6.07, 6.45) is 1.72. The third-order valence-electron chi connectivity index (χ3n) is 4.10. The van der Waals surface area contributed by atoms with Crippen molar-refractivity contribution in [2.24, 2.45) is 0 Å². The molecular weight excluding hydrogens is 316 g/mol. The smallest absolute Gasteiger partial charge is 0.321 e. The average molecular weight is 340 g/mol. The molecule has 1 saturated heterocycles. The highest BCUT2D eigenvalue weighted by Gasteiger charge is 2.15. The molecule has 0 unspecified atom stereocenters. The van der Waals surface area contributed by atoms with Gasteiger partial charge in [0, 0.05) is 37.9 Å². The molecule has 1 heterocycles. The highest BCUT2D eigenvalue weighted by molar-refractivity contribution is 5.89. The van der Waals surface area contributed by atoms with E-state index in [0.29, 0.717) is 26.4 Å². The first-order valence-corrected chi connectivity index (χ1v) is 8.72. The molecule has 1 fully saturated rings. The van der Waals surface area contributed by atoms with Crippen LogP contribution in [-0.2, 0) is 11.2 Å². The van der Waals surface area contributed by atoms with E-state index >= 15 is 0 Å². The first kappa shape index (κ1) is 17.3. The highest BCUT2D eigenvalue weighted by atomic mass is 16.5. The first-order chi connectivity index (χ1) is 12.3. The van der Waals surface area contributed by atoms with Gasteiger partial charge in [0.05, 0.1) is 13.2 Å². The lowest BCUT2D eigenvalue weighted by atomic mass is 10.2. The maximum atomic E-state index is 12.3. The van der Waals surface area contributed by atoms with Crippen LogP contribution in [0.4, 0.5) is 10.5 Å². The molecule has 0 saturated carbocycles. The van der Waals surface area contributed by atoms with Gasteiger partial charge in [0.2, 0.25) is 0 Å². The Morgan fingerprint density at radius 2 is 1.96 bits per heavy atom. The molecule has 2 aromatic carbocycles. The number of rotatable bonds is 5. The van der Waals surface area contributed by atoms with E-state index in [-0.39, 0.29) is 6.03 Å².